The molecule has 0 spiro atoms. The van der Waals surface area contributed by atoms with Crippen LogP contribution in [0.5, 0.6) is 17.2 Å². The number of ether oxygens (including phenoxy) is 3. The zero-order valence-electron chi connectivity index (χ0n) is 17.4. The van der Waals surface area contributed by atoms with E-state index in [1.165, 1.54) is 11.3 Å². The highest BCUT2D eigenvalue weighted by molar-refractivity contribution is 6.33. The van der Waals surface area contributed by atoms with Gasteiger partial charge in [-0.25, -0.2) is 0 Å². The number of halogens is 2. The van der Waals surface area contributed by atoms with E-state index in [1.807, 2.05) is 24.3 Å². The first kappa shape index (κ1) is 23.6. The van der Waals surface area contributed by atoms with Gasteiger partial charge in [-0.3, -0.25) is 4.48 Å². The lowest BCUT2D eigenvalue weighted by atomic mass is 10.1. The van der Waals surface area contributed by atoms with Crippen LogP contribution in [0.3, 0.4) is 0 Å². The molecule has 1 saturated heterocycles. The molecular formula is C22H31Cl2N2O3+. The molecule has 1 aliphatic rings. The van der Waals surface area contributed by atoms with Crippen molar-refractivity contribution in [2.75, 3.05) is 54.1 Å². The molecule has 1 heterocycles. The topological polar surface area (TPSA) is 39.7 Å². The van der Waals surface area contributed by atoms with E-state index in [0.29, 0.717) is 17.2 Å². The zero-order chi connectivity index (χ0) is 20.0. The van der Waals surface area contributed by atoms with Gasteiger partial charge in [-0.1, -0.05) is 23.7 Å². The Morgan fingerprint density at radius 2 is 1.59 bits per heavy atom. The van der Waals surface area contributed by atoms with Crippen molar-refractivity contribution in [2.24, 2.45) is 0 Å². The number of rotatable bonds is 8. The van der Waals surface area contributed by atoms with Crippen molar-refractivity contribution >= 4 is 29.7 Å². The molecule has 2 aromatic carbocycles. The molecule has 0 unspecified atom stereocenters. The third-order valence-corrected chi connectivity index (χ3v) is 5.89. The summed E-state index contributed by atoms with van der Waals surface area (Å²) in [5, 5.41) is 4.33. The molecule has 160 valence electrons. The number of nitrogens with one attached hydrogen (secondary N) is 1. The van der Waals surface area contributed by atoms with Crippen LogP contribution in [0.25, 0.3) is 0 Å². The molecule has 3 rings (SSSR count). The molecule has 0 bridgehead atoms. The summed E-state index contributed by atoms with van der Waals surface area (Å²) < 4.78 is 17.3. The Kier molecular flexibility index (Phi) is 8.90. The van der Waals surface area contributed by atoms with E-state index in [0.717, 1.165) is 55.1 Å². The van der Waals surface area contributed by atoms with Crippen molar-refractivity contribution in [3.8, 4) is 17.2 Å². The molecule has 2 aromatic rings. The summed E-state index contributed by atoms with van der Waals surface area (Å²) in [6.07, 6.45) is 1.98. The summed E-state index contributed by atoms with van der Waals surface area (Å²) in [6, 6.07) is 12.3. The first-order chi connectivity index (χ1) is 13.6. The molecule has 7 heteroatoms. The SMILES string of the molecule is COc1cc(CCC[N+]2(c3ccccc3Cl)CCNCC2)cc(OC)c1OC.Cl. The Morgan fingerprint density at radius 3 is 2.14 bits per heavy atom. The molecule has 0 radical (unpaired) electrons. The van der Waals surface area contributed by atoms with E-state index in [-0.39, 0.29) is 12.4 Å². The van der Waals surface area contributed by atoms with E-state index in [4.69, 9.17) is 25.8 Å². The molecule has 29 heavy (non-hydrogen) atoms. The quantitative estimate of drug-likeness (QED) is 0.618. The third kappa shape index (κ3) is 5.28. The van der Waals surface area contributed by atoms with Gasteiger partial charge in [0.2, 0.25) is 5.75 Å². The summed E-state index contributed by atoms with van der Waals surface area (Å²) in [5.41, 5.74) is 2.41. The highest BCUT2D eigenvalue weighted by atomic mass is 35.5. The second-order valence-corrected chi connectivity index (χ2v) is 7.56. The second-order valence-electron chi connectivity index (χ2n) is 7.15. The number of piperazine rings is 1. The monoisotopic (exact) mass is 441 g/mol. The minimum atomic E-state index is 0. The Bertz CT molecular complexity index is 770. The lowest BCUT2D eigenvalue weighted by Gasteiger charge is -2.41. The van der Waals surface area contributed by atoms with Gasteiger partial charge < -0.3 is 19.5 Å². The van der Waals surface area contributed by atoms with Gasteiger partial charge in [-0.2, -0.15) is 0 Å². The molecule has 1 N–H and O–H groups in total. The van der Waals surface area contributed by atoms with Crippen molar-refractivity contribution in [1.29, 1.82) is 0 Å². The lowest BCUT2D eigenvalue weighted by molar-refractivity contribution is 0.238. The fourth-order valence-corrected chi connectivity index (χ4v) is 4.42. The van der Waals surface area contributed by atoms with Gasteiger partial charge in [0, 0.05) is 25.6 Å². The van der Waals surface area contributed by atoms with Gasteiger partial charge in [-0.15, -0.1) is 12.4 Å². The minimum absolute atomic E-state index is 0. The van der Waals surface area contributed by atoms with Gasteiger partial charge in [0.15, 0.2) is 17.2 Å². The van der Waals surface area contributed by atoms with Gasteiger partial charge >= 0.3 is 0 Å². The van der Waals surface area contributed by atoms with Crippen LogP contribution < -0.4 is 24.0 Å². The number of quaternary nitrogens is 1. The zero-order valence-corrected chi connectivity index (χ0v) is 18.9. The van der Waals surface area contributed by atoms with Crippen LogP contribution in [-0.2, 0) is 6.42 Å². The van der Waals surface area contributed by atoms with Crippen LogP contribution in [0, 0.1) is 0 Å². The van der Waals surface area contributed by atoms with E-state index >= 15 is 0 Å². The summed E-state index contributed by atoms with van der Waals surface area (Å²) >= 11 is 6.57. The number of hydrogen-bond acceptors (Lipinski definition) is 4. The van der Waals surface area contributed by atoms with Crippen LogP contribution in [0.1, 0.15) is 12.0 Å². The van der Waals surface area contributed by atoms with Crippen molar-refractivity contribution in [3.05, 3.63) is 47.0 Å². The predicted octanol–water partition coefficient (Wildman–Crippen LogP) is 4.33. The van der Waals surface area contributed by atoms with Gasteiger partial charge in [-0.05, 0) is 30.2 Å². The van der Waals surface area contributed by atoms with E-state index < -0.39 is 0 Å². The van der Waals surface area contributed by atoms with Gasteiger partial charge in [0.1, 0.15) is 5.02 Å². The average molecular weight is 442 g/mol. The first-order valence-corrected chi connectivity index (χ1v) is 10.1. The fraction of sp³-hybridized carbons (Fsp3) is 0.455. The molecular weight excluding hydrogens is 411 g/mol. The van der Waals surface area contributed by atoms with Gasteiger partial charge in [0.05, 0.1) is 41.0 Å². The second kappa shape index (κ2) is 10.9. The summed E-state index contributed by atoms with van der Waals surface area (Å²) in [7, 11) is 4.93. The number of methoxy groups -OCH3 is 3. The van der Waals surface area contributed by atoms with Crippen LogP contribution >= 0.6 is 24.0 Å². The Hall–Kier alpha value is -1.66. The smallest absolute Gasteiger partial charge is 0.203 e. The summed E-state index contributed by atoms with van der Waals surface area (Å²) in [4.78, 5) is 0. The van der Waals surface area contributed by atoms with Crippen molar-refractivity contribution < 1.29 is 14.2 Å². The van der Waals surface area contributed by atoms with Crippen LogP contribution in [0.15, 0.2) is 36.4 Å². The van der Waals surface area contributed by atoms with Crippen molar-refractivity contribution in [3.63, 3.8) is 0 Å². The predicted molar refractivity (Wildman–Crippen MR) is 122 cm³/mol. The maximum Gasteiger partial charge on any atom is 0.203 e. The molecule has 0 atom stereocenters. The summed E-state index contributed by atoms with van der Waals surface area (Å²) in [5.74, 6) is 2.04. The molecule has 0 amide bonds. The fourth-order valence-electron chi connectivity index (χ4n) is 4.11. The molecule has 5 nitrogen and oxygen atoms in total. The van der Waals surface area contributed by atoms with Crippen molar-refractivity contribution in [1.82, 2.24) is 9.80 Å². The minimum Gasteiger partial charge on any atom is -0.493 e. The number of nitrogens with zero attached hydrogens (tertiary/aromatic N) is 1. The van der Waals surface area contributed by atoms with Crippen LogP contribution in [0.2, 0.25) is 5.02 Å². The highest BCUT2D eigenvalue weighted by Crippen LogP contribution is 2.39. The highest BCUT2D eigenvalue weighted by Gasteiger charge is 2.33. The Morgan fingerprint density at radius 1 is 0.966 bits per heavy atom. The van der Waals surface area contributed by atoms with Crippen LogP contribution in [-0.4, -0.2) is 54.1 Å². The normalized spacial score (nSPS) is 15.3. The first-order valence-electron chi connectivity index (χ1n) is 9.74. The number of para-hydroxylation sites is 1. The number of benzene rings is 2. The molecule has 1 aliphatic heterocycles. The molecule has 0 aliphatic carbocycles. The maximum absolute atomic E-state index is 6.57. The van der Waals surface area contributed by atoms with Gasteiger partial charge in [0.25, 0.3) is 0 Å². The Labute approximate surface area is 184 Å². The molecule has 0 aromatic heterocycles. The van der Waals surface area contributed by atoms with E-state index in [9.17, 15) is 0 Å². The van der Waals surface area contributed by atoms with E-state index in [1.54, 1.807) is 21.3 Å². The number of hydrogen-bond donors (Lipinski definition) is 1. The third-order valence-electron chi connectivity index (χ3n) is 5.57. The lowest BCUT2D eigenvalue weighted by Crippen LogP contribution is -2.60. The maximum atomic E-state index is 6.57. The Balaban J connectivity index is 0.00000300. The molecule has 0 saturated carbocycles. The average Bonchev–Trinajstić information content (AvgIpc) is 2.73. The largest absolute Gasteiger partial charge is 0.493 e. The molecule has 1 fully saturated rings. The van der Waals surface area contributed by atoms with Crippen LogP contribution in [0.4, 0.5) is 5.69 Å². The standard InChI is InChI=1S/C22H30ClN2O3.ClH/c1-26-20-15-17(16-21(27-2)22(20)28-3)7-6-12-25(13-10-24-11-14-25)19-9-5-4-8-18(19)23;/h4-5,8-9,15-16,24H,6-7,10-14H2,1-3H3;1H/q+1;. The summed E-state index contributed by atoms with van der Waals surface area (Å²) in [6.45, 7) is 5.17. The van der Waals surface area contributed by atoms with E-state index in [2.05, 4.69) is 17.4 Å². The number of aryl methyl sites for hydroxylation is 1. The van der Waals surface area contributed by atoms with Crippen molar-refractivity contribution in [2.45, 2.75) is 12.8 Å².